The van der Waals surface area contributed by atoms with Gasteiger partial charge < -0.3 is 24.2 Å². The number of anilines is 1. The number of piperidine rings is 1. The van der Waals surface area contributed by atoms with E-state index in [9.17, 15) is 4.79 Å². The van der Waals surface area contributed by atoms with Crippen molar-refractivity contribution in [1.29, 1.82) is 0 Å². The van der Waals surface area contributed by atoms with E-state index in [4.69, 9.17) is 9.47 Å². The van der Waals surface area contributed by atoms with Gasteiger partial charge in [0, 0.05) is 38.4 Å². The second-order valence-corrected chi connectivity index (χ2v) is 9.54. The summed E-state index contributed by atoms with van der Waals surface area (Å²) in [6, 6.07) is 12.4. The van der Waals surface area contributed by atoms with Crippen LogP contribution < -0.4 is 14.4 Å². The zero-order chi connectivity index (χ0) is 23.9. The standard InChI is InChI=1S/C28H39N3O3/c1-22-20-23(2)27(33-3)26(21-22)28(32)31-17-15-30(16-18-31)24-8-10-25(11-9-24)34-19-7-14-29-12-5-4-6-13-29/h8-11,20-21H,4-7,12-19H2,1-3H3. The molecule has 0 atom stereocenters. The van der Waals surface area contributed by atoms with Crippen LogP contribution in [0.15, 0.2) is 36.4 Å². The van der Waals surface area contributed by atoms with Crippen LogP contribution in [0.4, 0.5) is 5.69 Å². The van der Waals surface area contributed by atoms with E-state index in [1.165, 1.54) is 38.0 Å². The number of rotatable bonds is 8. The summed E-state index contributed by atoms with van der Waals surface area (Å²) in [5, 5.41) is 0. The van der Waals surface area contributed by atoms with Crippen molar-refractivity contribution in [2.75, 3.05) is 64.4 Å². The first-order valence-electron chi connectivity index (χ1n) is 12.7. The Morgan fingerprint density at radius 2 is 1.62 bits per heavy atom. The van der Waals surface area contributed by atoms with Crippen molar-refractivity contribution in [2.24, 2.45) is 0 Å². The second-order valence-electron chi connectivity index (χ2n) is 9.54. The van der Waals surface area contributed by atoms with Gasteiger partial charge in [0.2, 0.25) is 0 Å². The minimum atomic E-state index is 0.0524. The number of carbonyl (C=O) groups excluding carboxylic acids is 1. The van der Waals surface area contributed by atoms with Gasteiger partial charge in [-0.15, -0.1) is 0 Å². The molecular formula is C28H39N3O3. The van der Waals surface area contributed by atoms with E-state index in [1.807, 2.05) is 24.8 Å². The smallest absolute Gasteiger partial charge is 0.257 e. The van der Waals surface area contributed by atoms with Gasteiger partial charge in [-0.3, -0.25) is 4.79 Å². The van der Waals surface area contributed by atoms with Gasteiger partial charge in [-0.2, -0.15) is 0 Å². The quantitative estimate of drug-likeness (QED) is 0.536. The Bertz CT molecular complexity index is 946. The van der Waals surface area contributed by atoms with E-state index in [-0.39, 0.29) is 5.91 Å². The first-order valence-corrected chi connectivity index (χ1v) is 12.7. The normalized spacial score (nSPS) is 17.0. The first-order chi connectivity index (χ1) is 16.5. The fourth-order valence-corrected chi connectivity index (χ4v) is 5.14. The Kier molecular flexibility index (Phi) is 8.33. The molecule has 2 heterocycles. The molecule has 6 heteroatoms. The van der Waals surface area contributed by atoms with Crippen LogP contribution in [0, 0.1) is 13.8 Å². The fourth-order valence-electron chi connectivity index (χ4n) is 5.14. The van der Waals surface area contributed by atoms with Gasteiger partial charge in [-0.25, -0.2) is 0 Å². The Hall–Kier alpha value is -2.73. The molecule has 0 bridgehead atoms. The molecule has 0 aliphatic carbocycles. The molecule has 0 radical (unpaired) electrons. The molecule has 6 nitrogen and oxygen atoms in total. The zero-order valence-electron chi connectivity index (χ0n) is 21.0. The van der Waals surface area contributed by atoms with Gasteiger partial charge in [0.25, 0.3) is 5.91 Å². The Morgan fingerprint density at radius 1 is 0.912 bits per heavy atom. The van der Waals surface area contributed by atoms with Gasteiger partial charge in [0.15, 0.2) is 0 Å². The number of piperazine rings is 1. The van der Waals surface area contributed by atoms with Crippen molar-refractivity contribution in [3.8, 4) is 11.5 Å². The van der Waals surface area contributed by atoms with Crippen molar-refractivity contribution in [2.45, 2.75) is 39.5 Å². The summed E-state index contributed by atoms with van der Waals surface area (Å²) < 4.78 is 11.5. The lowest BCUT2D eigenvalue weighted by Crippen LogP contribution is -2.48. The van der Waals surface area contributed by atoms with Crippen LogP contribution in [0.3, 0.4) is 0 Å². The second kappa shape index (κ2) is 11.6. The van der Waals surface area contributed by atoms with Gasteiger partial charge in [-0.1, -0.05) is 12.5 Å². The maximum absolute atomic E-state index is 13.2. The zero-order valence-corrected chi connectivity index (χ0v) is 21.0. The Balaban J connectivity index is 1.25. The molecule has 184 valence electrons. The van der Waals surface area contributed by atoms with E-state index in [2.05, 4.69) is 40.1 Å². The number of ether oxygens (including phenoxy) is 2. The summed E-state index contributed by atoms with van der Waals surface area (Å²) in [4.78, 5) is 20.0. The monoisotopic (exact) mass is 465 g/mol. The molecule has 4 rings (SSSR count). The van der Waals surface area contributed by atoms with Gasteiger partial charge in [-0.05, 0) is 87.7 Å². The number of nitrogens with zero attached hydrogens (tertiary/aromatic N) is 3. The van der Waals surface area contributed by atoms with Crippen LogP contribution >= 0.6 is 0 Å². The van der Waals surface area contributed by atoms with Gasteiger partial charge >= 0.3 is 0 Å². The molecule has 0 saturated carbocycles. The minimum absolute atomic E-state index is 0.0524. The molecule has 1 amide bonds. The molecule has 0 spiro atoms. The molecule has 0 unspecified atom stereocenters. The van der Waals surface area contributed by atoms with E-state index < -0.39 is 0 Å². The predicted molar refractivity (Wildman–Crippen MR) is 137 cm³/mol. The molecule has 0 N–H and O–H groups in total. The van der Waals surface area contributed by atoms with E-state index >= 15 is 0 Å². The Labute approximate surface area is 204 Å². The highest BCUT2D eigenvalue weighted by molar-refractivity contribution is 5.97. The van der Waals surface area contributed by atoms with Crippen molar-refractivity contribution in [3.05, 3.63) is 53.1 Å². The highest BCUT2D eigenvalue weighted by atomic mass is 16.5. The molecule has 2 aromatic rings. The van der Waals surface area contributed by atoms with Gasteiger partial charge in [0.1, 0.15) is 11.5 Å². The average Bonchev–Trinajstić information content (AvgIpc) is 2.87. The summed E-state index contributed by atoms with van der Waals surface area (Å²) in [6.45, 7) is 11.4. The molecular weight excluding hydrogens is 426 g/mol. The highest BCUT2D eigenvalue weighted by Gasteiger charge is 2.25. The van der Waals surface area contributed by atoms with Crippen LogP contribution in [0.2, 0.25) is 0 Å². The topological polar surface area (TPSA) is 45.3 Å². The van der Waals surface area contributed by atoms with Crippen LogP contribution in [0.25, 0.3) is 0 Å². The largest absolute Gasteiger partial charge is 0.496 e. The fraction of sp³-hybridized carbons (Fsp3) is 0.536. The van der Waals surface area contributed by atoms with Crippen molar-refractivity contribution in [1.82, 2.24) is 9.80 Å². The number of amides is 1. The number of hydrogen-bond donors (Lipinski definition) is 0. The SMILES string of the molecule is COc1c(C)cc(C)cc1C(=O)N1CCN(c2ccc(OCCCN3CCCCC3)cc2)CC1. The van der Waals surface area contributed by atoms with Crippen LogP contribution in [0.1, 0.15) is 47.2 Å². The summed E-state index contributed by atoms with van der Waals surface area (Å²) in [6.07, 6.45) is 5.13. The van der Waals surface area contributed by atoms with Crippen molar-refractivity contribution in [3.63, 3.8) is 0 Å². The van der Waals surface area contributed by atoms with Gasteiger partial charge in [0.05, 0.1) is 19.3 Å². The summed E-state index contributed by atoms with van der Waals surface area (Å²) in [5.74, 6) is 1.67. The number of methoxy groups -OCH3 is 1. The van der Waals surface area contributed by atoms with Crippen LogP contribution in [-0.2, 0) is 0 Å². The molecule has 2 aliphatic heterocycles. The lowest BCUT2D eigenvalue weighted by atomic mass is 10.0. The number of likely N-dealkylation sites (tertiary alicyclic amines) is 1. The van der Waals surface area contributed by atoms with Crippen molar-refractivity contribution < 1.29 is 14.3 Å². The van der Waals surface area contributed by atoms with E-state index in [0.717, 1.165) is 49.5 Å². The lowest BCUT2D eigenvalue weighted by Gasteiger charge is -2.36. The average molecular weight is 466 g/mol. The first kappa shape index (κ1) is 24.4. The molecule has 2 aliphatic rings. The maximum atomic E-state index is 13.2. The summed E-state index contributed by atoms with van der Waals surface area (Å²) >= 11 is 0. The maximum Gasteiger partial charge on any atom is 0.257 e. The lowest BCUT2D eigenvalue weighted by molar-refractivity contribution is 0.0743. The number of benzene rings is 2. The third kappa shape index (κ3) is 6.03. The Morgan fingerprint density at radius 3 is 2.29 bits per heavy atom. The third-order valence-electron chi connectivity index (χ3n) is 6.96. The number of carbonyl (C=O) groups is 1. The molecule has 2 aromatic carbocycles. The molecule has 2 fully saturated rings. The number of aryl methyl sites for hydroxylation is 2. The predicted octanol–water partition coefficient (Wildman–Crippen LogP) is 4.53. The highest BCUT2D eigenvalue weighted by Crippen LogP contribution is 2.27. The van der Waals surface area contributed by atoms with Crippen LogP contribution in [0.5, 0.6) is 11.5 Å². The van der Waals surface area contributed by atoms with E-state index in [0.29, 0.717) is 24.4 Å². The molecule has 0 aromatic heterocycles. The number of hydrogen-bond acceptors (Lipinski definition) is 5. The third-order valence-corrected chi connectivity index (χ3v) is 6.96. The minimum Gasteiger partial charge on any atom is -0.496 e. The van der Waals surface area contributed by atoms with Crippen molar-refractivity contribution >= 4 is 11.6 Å². The summed E-state index contributed by atoms with van der Waals surface area (Å²) in [5.41, 5.74) is 3.92. The molecule has 34 heavy (non-hydrogen) atoms. The summed E-state index contributed by atoms with van der Waals surface area (Å²) in [7, 11) is 1.63. The van der Waals surface area contributed by atoms with E-state index in [1.54, 1.807) is 7.11 Å². The van der Waals surface area contributed by atoms with Crippen LogP contribution in [-0.4, -0.2) is 75.2 Å². The molecule has 2 saturated heterocycles.